The predicted molar refractivity (Wildman–Crippen MR) is 67.5 cm³/mol. The minimum absolute atomic E-state index is 0.283. The first-order chi connectivity index (χ1) is 8.66. The zero-order valence-electron chi connectivity index (χ0n) is 11.2. The zero-order valence-corrected chi connectivity index (χ0v) is 11.2. The molecule has 0 heterocycles. The molecule has 0 bridgehead atoms. The summed E-state index contributed by atoms with van der Waals surface area (Å²) in [6.45, 7) is 0.422. The van der Waals surface area contributed by atoms with Crippen LogP contribution in [0.3, 0.4) is 0 Å². The second kappa shape index (κ2) is 12.2. The highest BCUT2D eigenvalue weighted by molar-refractivity contribution is 5.66. The normalized spacial score (nSPS) is 10.1. The Hall–Kier alpha value is -1.26. The summed E-state index contributed by atoms with van der Waals surface area (Å²) in [6, 6.07) is 0. The molecule has 5 heteroatoms. The number of ether oxygens (including phenoxy) is 2. The van der Waals surface area contributed by atoms with Gasteiger partial charge in [-0.1, -0.05) is 38.5 Å². The van der Waals surface area contributed by atoms with E-state index >= 15 is 0 Å². The van der Waals surface area contributed by atoms with Crippen molar-refractivity contribution in [1.29, 1.82) is 0 Å². The highest BCUT2D eigenvalue weighted by Gasteiger charge is 1.99. The number of hydrogen-bond donors (Lipinski definition) is 1. The summed E-state index contributed by atoms with van der Waals surface area (Å²) in [4.78, 5) is 20.9. The second-order valence-electron chi connectivity index (χ2n) is 4.27. The first-order valence-corrected chi connectivity index (χ1v) is 6.59. The van der Waals surface area contributed by atoms with Crippen LogP contribution < -0.4 is 0 Å². The minimum atomic E-state index is -0.708. The fourth-order valence-electron chi connectivity index (χ4n) is 1.65. The van der Waals surface area contributed by atoms with Gasteiger partial charge in [0.1, 0.15) is 0 Å². The van der Waals surface area contributed by atoms with Gasteiger partial charge in [-0.3, -0.25) is 4.79 Å². The maximum atomic E-state index is 10.6. The average molecular weight is 260 g/mol. The topological polar surface area (TPSA) is 72.8 Å². The molecule has 0 aliphatic rings. The van der Waals surface area contributed by atoms with Crippen molar-refractivity contribution in [3.63, 3.8) is 0 Å². The first kappa shape index (κ1) is 16.7. The monoisotopic (exact) mass is 260 g/mol. The lowest BCUT2D eigenvalue weighted by atomic mass is 10.1. The maximum Gasteiger partial charge on any atom is 0.507 e. The molecule has 0 saturated carbocycles. The number of aliphatic carboxylic acids is 1. The van der Waals surface area contributed by atoms with Crippen molar-refractivity contribution >= 4 is 12.1 Å². The van der Waals surface area contributed by atoms with Crippen molar-refractivity contribution in [1.82, 2.24) is 0 Å². The van der Waals surface area contributed by atoms with Crippen molar-refractivity contribution in [3.05, 3.63) is 0 Å². The van der Waals surface area contributed by atoms with Gasteiger partial charge in [0.15, 0.2) is 0 Å². The Morgan fingerprint density at radius 2 is 1.39 bits per heavy atom. The second-order valence-corrected chi connectivity index (χ2v) is 4.27. The van der Waals surface area contributed by atoms with Crippen LogP contribution in [0.4, 0.5) is 4.79 Å². The maximum absolute atomic E-state index is 10.6. The van der Waals surface area contributed by atoms with E-state index in [0.717, 1.165) is 51.4 Å². The number of hydrogen-bond acceptors (Lipinski definition) is 4. The molecular formula is C13H24O5. The Morgan fingerprint density at radius 3 is 1.89 bits per heavy atom. The van der Waals surface area contributed by atoms with Crippen LogP contribution in [0.1, 0.15) is 57.8 Å². The van der Waals surface area contributed by atoms with Crippen LogP contribution in [0, 0.1) is 0 Å². The van der Waals surface area contributed by atoms with Gasteiger partial charge < -0.3 is 14.6 Å². The molecule has 18 heavy (non-hydrogen) atoms. The van der Waals surface area contributed by atoms with Gasteiger partial charge in [-0.05, 0) is 12.8 Å². The van der Waals surface area contributed by atoms with Crippen molar-refractivity contribution in [2.45, 2.75) is 57.8 Å². The van der Waals surface area contributed by atoms with Crippen LogP contribution in [-0.2, 0) is 14.3 Å². The third-order valence-electron chi connectivity index (χ3n) is 2.67. The van der Waals surface area contributed by atoms with E-state index in [4.69, 9.17) is 9.84 Å². The number of carbonyl (C=O) groups excluding carboxylic acids is 1. The molecule has 0 rings (SSSR count). The van der Waals surface area contributed by atoms with Gasteiger partial charge in [-0.15, -0.1) is 0 Å². The molecule has 5 nitrogen and oxygen atoms in total. The molecule has 0 fully saturated rings. The molecule has 0 aliphatic heterocycles. The SMILES string of the molecule is COC(=O)OCCCCCCCCCCC(=O)O. The van der Waals surface area contributed by atoms with Gasteiger partial charge >= 0.3 is 12.1 Å². The van der Waals surface area contributed by atoms with E-state index in [-0.39, 0.29) is 6.42 Å². The molecule has 0 spiro atoms. The lowest BCUT2D eigenvalue weighted by molar-refractivity contribution is -0.137. The quantitative estimate of drug-likeness (QED) is 0.455. The van der Waals surface area contributed by atoms with E-state index in [0.29, 0.717) is 6.61 Å². The summed E-state index contributed by atoms with van der Waals surface area (Å²) in [5.41, 5.74) is 0. The molecule has 0 aromatic rings. The van der Waals surface area contributed by atoms with Crippen LogP contribution in [-0.4, -0.2) is 30.9 Å². The molecule has 0 aromatic heterocycles. The largest absolute Gasteiger partial charge is 0.507 e. The first-order valence-electron chi connectivity index (χ1n) is 6.59. The molecule has 0 atom stereocenters. The molecule has 0 radical (unpaired) electrons. The Balaban J connectivity index is 3.03. The Bertz CT molecular complexity index is 227. The third-order valence-corrected chi connectivity index (χ3v) is 2.67. The Kier molecular flexibility index (Phi) is 11.3. The Labute approximate surface area is 108 Å². The molecule has 0 saturated heterocycles. The molecule has 0 aromatic carbocycles. The van der Waals surface area contributed by atoms with Gasteiger partial charge in [-0.2, -0.15) is 0 Å². The molecule has 1 N–H and O–H groups in total. The van der Waals surface area contributed by atoms with Crippen molar-refractivity contribution in [3.8, 4) is 0 Å². The number of carboxylic acid groups (broad SMARTS) is 1. The van der Waals surface area contributed by atoms with Crippen molar-refractivity contribution in [2.24, 2.45) is 0 Å². The lowest BCUT2D eigenvalue weighted by Crippen LogP contribution is -2.05. The fraction of sp³-hybridized carbons (Fsp3) is 0.846. The summed E-state index contributed by atoms with van der Waals surface area (Å²) < 4.78 is 9.10. The minimum Gasteiger partial charge on any atom is -0.481 e. The predicted octanol–water partition coefficient (Wildman–Crippen LogP) is 3.36. The number of rotatable bonds is 11. The van der Waals surface area contributed by atoms with E-state index in [9.17, 15) is 9.59 Å². The number of unbranched alkanes of at least 4 members (excludes halogenated alkanes) is 7. The summed E-state index contributed by atoms with van der Waals surface area (Å²) >= 11 is 0. The molecule has 106 valence electrons. The van der Waals surface area contributed by atoms with Gasteiger partial charge in [0.05, 0.1) is 13.7 Å². The van der Waals surface area contributed by atoms with Gasteiger partial charge in [0.2, 0.25) is 0 Å². The Morgan fingerprint density at radius 1 is 0.889 bits per heavy atom. The van der Waals surface area contributed by atoms with E-state index in [2.05, 4.69) is 4.74 Å². The molecule has 0 amide bonds. The van der Waals surface area contributed by atoms with Crippen LogP contribution in [0.15, 0.2) is 0 Å². The highest BCUT2D eigenvalue weighted by atomic mass is 16.7. The molecular weight excluding hydrogens is 236 g/mol. The summed E-state index contributed by atoms with van der Waals surface area (Å²) in [5.74, 6) is -0.708. The zero-order chi connectivity index (χ0) is 13.6. The smallest absolute Gasteiger partial charge is 0.481 e. The van der Waals surface area contributed by atoms with E-state index in [1.807, 2.05) is 0 Å². The van der Waals surface area contributed by atoms with Gasteiger partial charge in [0, 0.05) is 6.42 Å². The average Bonchev–Trinajstić information content (AvgIpc) is 2.35. The van der Waals surface area contributed by atoms with Crippen LogP contribution in [0.25, 0.3) is 0 Å². The standard InChI is InChI=1S/C13H24O5/c1-17-13(16)18-11-9-7-5-3-2-4-6-8-10-12(14)15/h2-11H2,1H3,(H,14,15). The van der Waals surface area contributed by atoms with Gasteiger partial charge in [0.25, 0.3) is 0 Å². The van der Waals surface area contributed by atoms with Crippen molar-refractivity contribution in [2.75, 3.05) is 13.7 Å². The summed E-state index contributed by atoms with van der Waals surface area (Å²) in [5, 5.41) is 8.45. The molecule has 0 unspecified atom stereocenters. The van der Waals surface area contributed by atoms with E-state index in [1.54, 1.807) is 0 Å². The summed E-state index contributed by atoms with van der Waals surface area (Å²) in [6.07, 6.45) is 7.90. The van der Waals surface area contributed by atoms with Crippen molar-refractivity contribution < 1.29 is 24.2 Å². The summed E-state index contributed by atoms with van der Waals surface area (Å²) in [7, 11) is 1.30. The fourth-order valence-corrected chi connectivity index (χ4v) is 1.65. The van der Waals surface area contributed by atoms with E-state index in [1.165, 1.54) is 7.11 Å². The van der Waals surface area contributed by atoms with Gasteiger partial charge in [-0.25, -0.2) is 4.79 Å². The lowest BCUT2D eigenvalue weighted by Gasteiger charge is -2.03. The van der Waals surface area contributed by atoms with Crippen LogP contribution in [0.2, 0.25) is 0 Å². The van der Waals surface area contributed by atoms with E-state index < -0.39 is 12.1 Å². The number of carbonyl (C=O) groups is 2. The third kappa shape index (κ3) is 12.8. The number of carboxylic acids is 1. The molecule has 0 aliphatic carbocycles. The highest BCUT2D eigenvalue weighted by Crippen LogP contribution is 2.09. The van der Waals surface area contributed by atoms with Crippen LogP contribution >= 0.6 is 0 Å². The van der Waals surface area contributed by atoms with Crippen LogP contribution in [0.5, 0.6) is 0 Å². The number of methoxy groups -OCH3 is 1.